The molecule has 0 saturated carbocycles. The molecule has 0 spiro atoms. The second-order valence-electron chi connectivity index (χ2n) is 6.16. The van der Waals surface area contributed by atoms with E-state index in [9.17, 15) is 14.4 Å². The molecule has 2 aromatic rings. The predicted octanol–water partition coefficient (Wildman–Crippen LogP) is 0.0731. The first-order valence-corrected chi connectivity index (χ1v) is 8.14. The minimum Gasteiger partial charge on any atom is -0.339 e. The summed E-state index contributed by atoms with van der Waals surface area (Å²) in [6.07, 6.45) is 4.51. The van der Waals surface area contributed by atoms with Gasteiger partial charge < -0.3 is 10.2 Å². The number of hydrogen-bond acceptors (Lipinski definition) is 5. The zero-order valence-corrected chi connectivity index (χ0v) is 13.6. The third kappa shape index (κ3) is 3.38. The van der Waals surface area contributed by atoms with E-state index in [-0.39, 0.29) is 16.9 Å². The van der Waals surface area contributed by atoms with Crippen molar-refractivity contribution in [3.05, 3.63) is 38.7 Å². The predicted molar refractivity (Wildman–Crippen MR) is 90.2 cm³/mol. The van der Waals surface area contributed by atoms with Crippen LogP contribution < -0.4 is 16.6 Å². The summed E-state index contributed by atoms with van der Waals surface area (Å²) in [6, 6.07) is 1.49. The first-order valence-electron chi connectivity index (χ1n) is 8.14. The average Bonchev–Trinajstić information content (AvgIpc) is 2.59. The molecule has 8 nitrogen and oxygen atoms in total. The molecule has 0 unspecified atom stereocenters. The number of carbonyl (C=O) groups is 1. The van der Waals surface area contributed by atoms with Gasteiger partial charge in [-0.3, -0.25) is 19.6 Å². The van der Waals surface area contributed by atoms with Gasteiger partial charge in [0.1, 0.15) is 5.65 Å². The maximum Gasteiger partial charge on any atom is 0.327 e. The SMILES string of the molecule is CNCCC1CCN(C(=O)c2cnc3[nH]c(=O)[nH]c(=O)c3c2)CC1. The first kappa shape index (κ1) is 16.4. The number of likely N-dealkylation sites (tertiary alicyclic amines) is 1. The molecule has 3 rings (SSSR count). The lowest BCUT2D eigenvalue weighted by Gasteiger charge is -2.32. The third-order valence-corrected chi connectivity index (χ3v) is 4.54. The fourth-order valence-electron chi connectivity index (χ4n) is 3.12. The fourth-order valence-corrected chi connectivity index (χ4v) is 3.12. The highest BCUT2D eigenvalue weighted by atomic mass is 16.2. The Hall–Kier alpha value is -2.48. The lowest BCUT2D eigenvalue weighted by atomic mass is 9.93. The number of pyridine rings is 1. The van der Waals surface area contributed by atoms with E-state index in [1.54, 1.807) is 4.90 Å². The Morgan fingerprint density at radius 2 is 2.08 bits per heavy atom. The molecule has 1 amide bonds. The van der Waals surface area contributed by atoms with Crippen LogP contribution in [0.1, 0.15) is 29.6 Å². The quantitative estimate of drug-likeness (QED) is 0.734. The van der Waals surface area contributed by atoms with Crippen molar-refractivity contribution < 1.29 is 4.79 Å². The van der Waals surface area contributed by atoms with Crippen LogP contribution in [0.4, 0.5) is 0 Å². The molecule has 2 aromatic heterocycles. The molecular weight excluding hydrogens is 310 g/mol. The summed E-state index contributed by atoms with van der Waals surface area (Å²) in [6.45, 7) is 2.43. The number of H-pyrrole nitrogens is 2. The number of nitrogens with one attached hydrogen (secondary N) is 3. The van der Waals surface area contributed by atoms with Crippen molar-refractivity contribution in [1.82, 2.24) is 25.2 Å². The zero-order valence-electron chi connectivity index (χ0n) is 13.6. The van der Waals surface area contributed by atoms with E-state index in [0.29, 0.717) is 24.6 Å². The molecule has 1 fully saturated rings. The van der Waals surface area contributed by atoms with Gasteiger partial charge in [0.2, 0.25) is 0 Å². The molecule has 3 heterocycles. The normalized spacial score (nSPS) is 15.8. The Kier molecular flexibility index (Phi) is 4.75. The number of hydrogen-bond donors (Lipinski definition) is 3. The second-order valence-corrected chi connectivity index (χ2v) is 6.16. The summed E-state index contributed by atoms with van der Waals surface area (Å²) in [7, 11) is 1.94. The number of aromatic nitrogens is 3. The Labute approximate surface area is 138 Å². The Morgan fingerprint density at radius 3 is 2.79 bits per heavy atom. The monoisotopic (exact) mass is 331 g/mol. The summed E-state index contributed by atoms with van der Waals surface area (Å²) >= 11 is 0. The molecule has 24 heavy (non-hydrogen) atoms. The van der Waals surface area contributed by atoms with Crippen LogP contribution in [0.25, 0.3) is 11.0 Å². The van der Waals surface area contributed by atoms with Gasteiger partial charge in [0.15, 0.2) is 0 Å². The molecule has 1 aliphatic heterocycles. The summed E-state index contributed by atoms with van der Waals surface area (Å²) < 4.78 is 0. The molecule has 1 aliphatic rings. The van der Waals surface area contributed by atoms with Gasteiger partial charge >= 0.3 is 5.69 Å². The van der Waals surface area contributed by atoms with E-state index in [1.165, 1.54) is 12.3 Å². The average molecular weight is 331 g/mol. The van der Waals surface area contributed by atoms with Gasteiger partial charge in [0, 0.05) is 19.3 Å². The minimum absolute atomic E-state index is 0.123. The number of fused-ring (bicyclic) bond motifs is 1. The van der Waals surface area contributed by atoms with E-state index in [1.807, 2.05) is 7.05 Å². The van der Waals surface area contributed by atoms with E-state index in [4.69, 9.17) is 0 Å². The van der Waals surface area contributed by atoms with Crippen molar-refractivity contribution in [1.29, 1.82) is 0 Å². The number of piperidine rings is 1. The van der Waals surface area contributed by atoms with Gasteiger partial charge in [-0.05, 0) is 44.8 Å². The van der Waals surface area contributed by atoms with Gasteiger partial charge in [-0.25, -0.2) is 9.78 Å². The van der Waals surface area contributed by atoms with Crippen LogP contribution in [-0.2, 0) is 0 Å². The van der Waals surface area contributed by atoms with Crippen LogP contribution in [0.5, 0.6) is 0 Å². The van der Waals surface area contributed by atoms with Crippen molar-refractivity contribution in [3.63, 3.8) is 0 Å². The van der Waals surface area contributed by atoms with Crippen LogP contribution >= 0.6 is 0 Å². The Balaban J connectivity index is 1.75. The Bertz CT molecular complexity index is 849. The van der Waals surface area contributed by atoms with Crippen LogP contribution in [0.3, 0.4) is 0 Å². The molecule has 1 saturated heterocycles. The van der Waals surface area contributed by atoms with Gasteiger partial charge in [-0.2, -0.15) is 0 Å². The van der Waals surface area contributed by atoms with Gasteiger partial charge in [0.05, 0.1) is 10.9 Å². The maximum absolute atomic E-state index is 12.6. The molecular formula is C16H21N5O3. The highest BCUT2D eigenvalue weighted by Gasteiger charge is 2.24. The standard InChI is InChI=1S/C16H21N5O3/c1-17-5-2-10-3-6-21(7-4-10)15(23)11-8-12-13(18-9-11)19-16(24)20-14(12)22/h8-10,17H,2-7H2,1H3,(H2,18,19,20,22,24). The van der Waals surface area contributed by atoms with Crippen molar-refractivity contribution in [2.75, 3.05) is 26.7 Å². The van der Waals surface area contributed by atoms with Crippen LogP contribution in [-0.4, -0.2) is 52.4 Å². The largest absolute Gasteiger partial charge is 0.339 e. The van der Waals surface area contributed by atoms with E-state index in [2.05, 4.69) is 20.3 Å². The minimum atomic E-state index is -0.609. The summed E-state index contributed by atoms with van der Waals surface area (Å²) in [4.78, 5) is 46.2. The van der Waals surface area contributed by atoms with Gasteiger partial charge in [-0.15, -0.1) is 0 Å². The summed E-state index contributed by atoms with van der Waals surface area (Å²) in [5.41, 5.74) is -0.593. The zero-order chi connectivity index (χ0) is 17.1. The van der Waals surface area contributed by atoms with E-state index < -0.39 is 11.2 Å². The van der Waals surface area contributed by atoms with Gasteiger partial charge in [-0.1, -0.05) is 0 Å². The van der Waals surface area contributed by atoms with Crippen molar-refractivity contribution in [3.8, 4) is 0 Å². The molecule has 0 bridgehead atoms. The number of rotatable bonds is 4. The molecule has 128 valence electrons. The van der Waals surface area contributed by atoms with Crippen molar-refractivity contribution >= 4 is 16.9 Å². The molecule has 3 N–H and O–H groups in total. The van der Waals surface area contributed by atoms with Crippen molar-refractivity contribution in [2.45, 2.75) is 19.3 Å². The molecule has 0 radical (unpaired) electrons. The summed E-state index contributed by atoms with van der Waals surface area (Å²) in [5, 5.41) is 3.37. The summed E-state index contributed by atoms with van der Waals surface area (Å²) in [5.74, 6) is 0.520. The van der Waals surface area contributed by atoms with Crippen LogP contribution in [0, 0.1) is 5.92 Å². The Morgan fingerprint density at radius 1 is 1.33 bits per heavy atom. The lowest BCUT2D eigenvalue weighted by Crippen LogP contribution is -2.39. The van der Waals surface area contributed by atoms with Crippen LogP contribution in [0.15, 0.2) is 21.9 Å². The highest BCUT2D eigenvalue weighted by Crippen LogP contribution is 2.21. The van der Waals surface area contributed by atoms with Gasteiger partial charge in [0.25, 0.3) is 11.5 Å². The molecule has 8 heteroatoms. The lowest BCUT2D eigenvalue weighted by molar-refractivity contribution is 0.0687. The maximum atomic E-state index is 12.6. The molecule has 0 aliphatic carbocycles. The molecule has 0 aromatic carbocycles. The van der Waals surface area contributed by atoms with E-state index in [0.717, 1.165) is 25.8 Å². The molecule has 0 atom stereocenters. The third-order valence-electron chi connectivity index (χ3n) is 4.54. The fraction of sp³-hybridized carbons (Fsp3) is 0.500. The second kappa shape index (κ2) is 6.96. The highest BCUT2D eigenvalue weighted by molar-refractivity contribution is 5.96. The van der Waals surface area contributed by atoms with Crippen molar-refractivity contribution in [2.24, 2.45) is 5.92 Å². The number of nitrogens with zero attached hydrogens (tertiary/aromatic N) is 2. The smallest absolute Gasteiger partial charge is 0.327 e. The number of carbonyl (C=O) groups excluding carboxylic acids is 1. The number of aromatic amines is 2. The number of amides is 1. The first-order chi connectivity index (χ1) is 11.6. The topological polar surface area (TPSA) is 111 Å². The van der Waals surface area contributed by atoms with Crippen LogP contribution in [0.2, 0.25) is 0 Å². The van der Waals surface area contributed by atoms with E-state index >= 15 is 0 Å².